The van der Waals surface area contributed by atoms with Crippen molar-refractivity contribution in [3.05, 3.63) is 34.3 Å². The van der Waals surface area contributed by atoms with Crippen molar-refractivity contribution in [3.63, 3.8) is 0 Å². The maximum absolute atomic E-state index is 12.2. The van der Waals surface area contributed by atoms with Crippen molar-refractivity contribution >= 4 is 27.7 Å². The van der Waals surface area contributed by atoms with Gasteiger partial charge in [-0.2, -0.15) is 0 Å². The van der Waals surface area contributed by atoms with Crippen LogP contribution in [0.25, 0.3) is 0 Å². The fourth-order valence-electron chi connectivity index (χ4n) is 3.41. The molecule has 5 nitrogen and oxygen atoms in total. The first-order valence-corrected chi connectivity index (χ1v) is 8.92. The van der Waals surface area contributed by atoms with E-state index in [1.165, 1.54) is 0 Å². The Morgan fingerprint density at radius 3 is 2.70 bits per heavy atom. The lowest BCUT2D eigenvalue weighted by Crippen LogP contribution is -2.37. The third-order valence-electron chi connectivity index (χ3n) is 4.90. The lowest BCUT2D eigenvalue weighted by atomic mass is 9.92. The Labute approximate surface area is 144 Å². The molecule has 0 bridgehead atoms. The van der Waals surface area contributed by atoms with Crippen molar-refractivity contribution in [2.75, 3.05) is 26.2 Å². The molecule has 6 heteroatoms. The summed E-state index contributed by atoms with van der Waals surface area (Å²) in [6.07, 6.45) is 3.22. The fraction of sp³-hybridized carbons (Fsp3) is 0.529. The maximum atomic E-state index is 12.2. The summed E-state index contributed by atoms with van der Waals surface area (Å²) in [7, 11) is 0. The van der Waals surface area contributed by atoms with Gasteiger partial charge in [-0.15, -0.1) is 0 Å². The summed E-state index contributed by atoms with van der Waals surface area (Å²) in [4.78, 5) is 24.2. The van der Waals surface area contributed by atoms with E-state index in [0.717, 1.165) is 36.8 Å². The molecule has 1 aromatic rings. The zero-order valence-corrected chi connectivity index (χ0v) is 14.6. The number of nitrogens with one attached hydrogen (secondary N) is 3. The number of rotatable bonds is 5. The molecular weight excluding hydrogens is 358 g/mol. The Morgan fingerprint density at radius 1 is 1.22 bits per heavy atom. The van der Waals surface area contributed by atoms with Crippen LogP contribution in [-0.4, -0.2) is 38.0 Å². The molecule has 0 aromatic heterocycles. The van der Waals surface area contributed by atoms with Crippen LogP contribution < -0.4 is 16.0 Å². The maximum Gasteiger partial charge on any atom is 0.251 e. The van der Waals surface area contributed by atoms with Crippen LogP contribution in [0.4, 0.5) is 0 Å². The highest BCUT2D eigenvalue weighted by atomic mass is 79.9. The van der Waals surface area contributed by atoms with Crippen molar-refractivity contribution < 1.29 is 9.59 Å². The first-order chi connectivity index (χ1) is 11.1. The van der Waals surface area contributed by atoms with Gasteiger partial charge in [-0.05, 0) is 56.0 Å². The highest BCUT2D eigenvalue weighted by Gasteiger charge is 2.57. The van der Waals surface area contributed by atoms with Gasteiger partial charge in [0.25, 0.3) is 5.91 Å². The summed E-state index contributed by atoms with van der Waals surface area (Å²) in [5.41, 5.74) is 0.871. The van der Waals surface area contributed by atoms with Gasteiger partial charge in [0.1, 0.15) is 0 Å². The third-order valence-corrected chi connectivity index (χ3v) is 5.40. The molecule has 1 heterocycles. The van der Waals surface area contributed by atoms with Crippen LogP contribution in [0.3, 0.4) is 0 Å². The molecule has 1 atom stereocenters. The van der Waals surface area contributed by atoms with E-state index in [1.807, 2.05) is 12.1 Å². The van der Waals surface area contributed by atoms with E-state index < -0.39 is 0 Å². The zero-order chi connectivity index (χ0) is 16.3. The van der Waals surface area contributed by atoms with Gasteiger partial charge >= 0.3 is 0 Å². The van der Waals surface area contributed by atoms with Crippen molar-refractivity contribution in [2.24, 2.45) is 11.3 Å². The van der Waals surface area contributed by atoms with Gasteiger partial charge in [0.05, 0.1) is 0 Å². The van der Waals surface area contributed by atoms with Gasteiger partial charge in [-0.25, -0.2) is 0 Å². The topological polar surface area (TPSA) is 70.2 Å². The van der Waals surface area contributed by atoms with E-state index in [9.17, 15) is 9.59 Å². The van der Waals surface area contributed by atoms with Gasteiger partial charge in [-0.1, -0.05) is 22.0 Å². The Hall–Kier alpha value is -1.40. The van der Waals surface area contributed by atoms with E-state index in [-0.39, 0.29) is 23.1 Å². The molecule has 2 aliphatic rings. The first-order valence-electron chi connectivity index (χ1n) is 8.13. The monoisotopic (exact) mass is 379 g/mol. The Morgan fingerprint density at radius 2 is 1.96 bits per heavy atom. The molecule has 2 fully saturated rings. The molecule has 1 saturated carbocycles. The second-order valence-electron chi connectivity index (χ2n) is 6.43. The van der Waals surface area contributed by atoms with Crippen LogP contribution in [0, 0.1) is 11.3 Å². The quantitative estimate of drug-likeness (QED) is 0.681. The summed E-state index contributed by atoms with van der Waals surface area (Å²) in [6, 6.07) is 7.25. The highest BCUT2D eigenvalue weighted by molar-refractivity contribution is 9.10. The molecule has 23 heavy (non-hydrogen) atoms. The average Bonchev–Trinajstić information content (AvgIpc) is 3.25. The molecule has 1 aromatic carbocycles. The Kier molecular flexibility index (Phi) is 5.02. The lowest BCUT2D eigenvalue weighted by molar-refractivity contribution is -0.123. The second kappa shape index (κ2) is 7.01. The molecule has 1 saturated heterocycles. The number of carbonyl (C=O) groups is 2. The van der Waals surface area contributed by atoms with Gasteiger partial charge in [0, 0.05) is 29.0 Å². The molecule has 1 spiro atoms. The smallest absolute Gasteiger partial charge is 0.251 e. The minimum Gasteiger partial charge on any atom is -0.354 e. The van der Waals surface area contributed by atoms with E-state index >= 15 is 0 Å². The first kappa shape index (κ1) is 16.5. The number of carbonyl (C=O) groups excluding carboxylic acids is 2. The largest absolute Gasteiger partial charge is 0.354 e. The molecule has 124 valence electrons. The van der Waals surface area contributed by atoms with Crippen LogP contribution >= 0.6 is 15.9 Å². The van der Waals surface area contributed by atoms with Crippen LogP contribution in [-0.2, 0) is 4.79 Å². The third kappa shape index (κ3) is 3.93. The van der Waals surface area contributed by atoms with E-state index in [0.29, 0.717) is 18.7 Å². The van der Waals surface area contributed by atoms with Gasteiger partial charge in [-0.3, -0.25) is 9.59 Å². The molecule has 2 amide bonds. The van der Waals surface area contributed by atoms with E-state index in [2.05, 4.69) is 31.9 Å². The summed E-state index contributed by atoms with van der Waals surface area (Å²) in [5, 5.41) is 9.12. The van der Waals surface area contributed by atoms with Crippen LogP contribution in [0.2, 0.25) is 0 Å². The lowest BCUT2D eigenvalue weighted by Gasteiger charge is -2.23. The number of hydrogen-bond donors (Lipinski definition) is 3. The van der Waals surface area contributed by atoms with Crippen LogP contribution in [0.5, 0.6) is 0 Å². The fourth-order valence-corrected chi connectivity index (χ4v) is 3.81. The van der Waals surface area contributed by atoms with Gasteiger partial charge < -0.3 is 16.0 Å². The zero-order valence-electron chi connectivity index (χ0n) is 13.0. The molecule has 3 N–H and O–H groups in total. The molecule has 1 unspecified atom stereocenters. The van der Waals surface area contributed by atoms with Crippen LogP contribution in [0.15, 0.2) is 28.7 Å². The molecule has 1 aliphatic carbocycles. The number of amides is 2. The number of piperidine rings is 1. The molecule has 1 aliphatic heterocycles. The van der Waals surface area contributed by atoms with Crippen molar-refractivity contribution in [2.45, 2.75) is 19.3 Å². The van der Waals surface area contributed by atoms with Crippen molar-refractivity contribution in [3.8, 4) is 0 Å². The predicted octanol–water partition coefficient (Wildman–Crippen LogP) is 1.68. The predicted molar refractivity (Wildman–Crippen MR) is 92.1 cm³/mol. The van der Waals surface area contributed by atoms with E-state index in [4.69, 9.17) is 0 Å². The number of benzene rings is 1. The Balaban J connectivity index is 1.37. The minimum atomic E-state index is -0.123. The van der Waals surface area contributed by atoms with Crippen molar-refractivity contribution in [1.82, 2.24) is 16.0 Å². The summed E-state index contributed by atoms with van der Waals surface area (Å²) in [6.45, 7) is 2.96. The number of halogens is 1. The van der Waals surface area contributed by atoms with Gasteiger partial charge in [0.15, 0.2) is 0 Å². The minimum absolute atomic E-state index is 0.123. The highest BCUT2D eigenvalue weighted by Crippen LogP contribution is 2.58. The normalized spacial score (nSPS) is 21.7. The second-order valence-corrected chi connectivity index (χ2v) is 7.34. The average molecular weight is 380 g/mol. The Bertz CT molecular complexity index is 599. The van der Waals surface area contributed by atoms with Gasteiger partial charge in [0.2, 0.25) is 5.91 Å². The SMILES string of the molecule is O=C(NCCNC(=O)C1CC12CCNCC2)c1cccc(Br)c1. The van der Waals surface area contributed by atoms with Crippen molar-refractivity contribution in [1.29, 1.82) is 0 Å². The molecular formula is C17H22BrN3O2. The number of hydrogen-bond acceptors (Lipinski definition) is 3. The summed E-state index contributed by atoms with van der Waals surface area (Å²) >= 11 is 3.35. The molecule has 3 rings (SSSR count). The summed E-state index contributed by atoms with van der Waals surface area (Å²) in [5.74, 6) is 0.191. The molecule has 0 radical (unpaired) electrons. The van der Waals surface area contributed by atoms with Crippen LogP contribution in [0.1, 0.15) is 29.6 Å². The van der Waals surface area contributed by atoms with E-state index in [1.54, 1.807) is 12.1 Å². The summed E-state index contributed by atoms with van der Waals surface area (Å²) < 4.78 is 0.874. The standard InChI is InChI=1S/C17H22BrN3O2/c18-13-3-1-2-12(10-13)15(22)20-8-9-21-16(23)14-11-17(14)4-6-19-7-5-17/h1-3,10,14,19H,4-9,11H2,(H,20,22)(H,21,23).